The molecule has 3 aromatic rings. The number of carbonyl (C=O) groups excluding carboxylic acids is 1. The number of anilines is 1. The normalized spacial score (nSPS) is 10.6. The van der Waals surface area contributed by atoms with Crippen LogP contribution in [0, 0.1) is 6.92 Å². The molecule has 0 spiro atoms. The van der Waals surface area contributed by atoms with Crippen LogP contribution in [0.15, 0.2) is 48.7 Å². The maximum atomic E-state index is 12.1. The fourth-order valence-corrected chi connectivity index (χ4v) is 1.92. The summed E-state index contributed by atoms with van der Waals surface area (Å²) >= 11 is 0. The van der Waals surface area contributed by atoms with Gasteiger partial charge in [-0.05, 0) is 31.2 Å². The molecule has 2 N–H and O–H groups in total. The van der Waals surface area contributed by atoms with Crippen molar-refractivity contribution in [3.63, 3.8) is 0 Å². The lowest BCUT2D eigenvalue weighted by molar-refractivity contribution is 0.102. The van der Waals surface area contributed by atoms with Gasteiger partial charge < -0.3 is 5.32 Å². The predicted octanol–water partition coefficient (Wildman–Crippen LogP) is 3.12. The van der Waals surface area contributed by atoms with Gasteiger partial charge in [0.15, 0.2) is 0 Å². The summed E-state index contributed by atoms with van der Waals surface area (Å²) < 4.78 is 0. The van der Waals surface area contributed by atoms with Crippen LogP contribution in [0.4, 0.5) is 5.69 Å². The van der Waals surface area contributed by atoms with Gasteiger partial charge in [-0.3, -0.25) is 9.89 Å². The molecule has 19 heavy (non-hydrogen) atoms. The summed E-state index contributed by atoms with van der Waals surface area (Å²) in [5, 5.41) is 10.7. The van der Waals surface area contributed by atoms with Gasteiger partial charge in [-0.1, -0.05) is 23.8 Å². The quantitative estimate of drug-likeness (QED) is 0.735. The van der Waals surface area contributed by atoms with Crippen molar-refractivity contribution in [3.8, 4) is 0 Å². The third-order valence-electron chi connectivity index (χ3n) is 3.01. The number of aromatic amines is 1. The molecule has 1 heterocycles. The van der Waals surface area contributed by atoms with E-state index in [-0.39, 0.29) is 5.91 Å². The Morgan fingerprint density at radius 3 is 2.74 bits per heavy atom. The lowest BCUT2D eigenvalue weighted by Crippen LogP contribution is -2.11. The van der Waals surface area contributed by atoms with Crippen molar-refractivity contribution < 1.29 is 4.79 Å². The van der Waals surface area contributed by atoms with E-state index < -0.39 is 0 Å². The van der Waals surface area contributed by atoms with Crippen molar-refractivity contribution in [2.45, 2.75) is 6.92 Å². The number of nitrogens with zero attached hydrogens (tertiary/aromatic N) is 1. The van der Waals surface area contributed by atoms with Gasteiger partial charge >= 0.3 is 0 Å². The first-order chi connectivity index (χ1) is 9.22. The maximum absolute atomic E-state index is 12.1. The molecule has 0 radical (unpaired) electrons. The molecule has 94 valence electrons. The lowest BCUT2D eigenvalue weighted by Gasteiger charge is -2.05. The van der Waals surface area contributed by atoms with E-state index in [1.165, 1.54) is 0 Å². The van der Waals surface area contributed by atoms with Gasteiger partial charge in [-0.25, -0.2) is 0 Å². The number of aryl methyl sites for hydroxylation is 1. The fraction of sp³-hybridized carbons (Fsp3) is 0.0667. The average Bonchev–Trinajstić information content (AvgIpc) is 2.88. The molecule has 4 heteroatoms. The first kappa shape index (κ1) is 11.5. The molecule has 2 aromatic carbocycles. The molecule has 0 aliphatic carbocycles. The largest absolute Gasteiger partial charge is 0.322 e. The average molecular weight is 251 g/mol. The number of aromatic nitrogens is 2. The molecule has 0 aliphatic heterocycles. The molecule has 0 saturated heterocycles. The van der Waals surface area contributed by atoms with Crippen LogP contribution in [0.25, 0.3) is 10.9 Å². The predicted molar refractivity (Wildman–Crippen MR) is 75.2 cm³/mol. The second kappa shape index (κ2) is 4.57. The van der Waals surface area contributed by atoms with Crippen LogP contribution < -0.4 is 5.32 Å². The molecule has 0 aliphatic rings. The van der Waals surface area contributed by atoms with E-state index in [2.05, 4.69) is 15.5 Å². The minimum absolute atomic E-state index is 0.125. The van der Waals surface area contributed by atoms with E-state index in [0.717, 1.165) is 22.2 Å². The Bertz CT molecular complexity index is 728. The molecular weight excluding hydrogens is 238 g/mol. The molecule has 3 rings (SSSR count). The van der Waals surface area contributed by atoms with E-state index in [1.54, 1.807) is 18.3 Å². The first-order valence-electron chi connectivity index (χ1n) is 6.03. The summed E-state index contributed by atoms with van der Waals surface area (Å²) in [5.74, 6) is -0.125. The van der Waals surface area contributed by atoms with Crippen molar-refractivity contribution in [2.75, 3.05) is 5.32 Å². The van der Waals surface area contributed by atoms with Crippen LogP contribution in [0.1, 0.15) is 15.9 Å². The Morgan fingerprint density at radius 1 is 1.16 bits per heavy atom. The van der Waals surface area contributed by atoms with Crippen LogP contribution in [0.5, 0.6) is 0 Å². The zero-order valence-corrected chi connectivity index (χ0v) is 10.5. The zero-order valence-electron chi connectivity index (χ0n) is 10.5. The number of fused-ring (bicyclic) bond motifs is 1. The molecule has 0 bridgehead atoms. The molecule has 0 atom stereocenters. The Labute approximate surface area is 110 Å². The van der Waals surface area contributed by atoms with Gasteiger partial charge in [0.05, 0.1) is 11.7 Å². The first-order valence-corrected chi connectivity index (χ1v) is 6.03. The van der Waals surface area contributed by atoms with Gasteiger partial charge in [0.2, 0.25) is 0 Å². The van der Waals surface area contributed by atoms with Gasteiger partial charge in [0.25, 0.3) is 5.91 Å². The highest BCUT2D eigenvalue weighted by atomic mass is 16.1. The standard InChI is InChI=1S/C15H13N3O/c1-10-2-6-13(7-3-10)17-15(19)11-4-5-12-9-16-18-14(12)8-11/h2-9H,1H3,(H,16,18)(H,17,19). The van der Waals surface area contributed by atoms with Gasteiger partial charge in [0, 0.05) is 16.6 Å². The monoisotopic (exact) mass is 251 g/mol. The van der Waals surface area contributed by atoms with E-state index in [1.807, 2.05) is 37.3 Å². The third kappa shape index (κ3) is 2.33. The zero-order chi connectivity index (χ0) is 13.2. The smallest absolute Gasteiger partial charge is 0.255 e. The highest BCUT2D eigenvalue weighted by molar-refractivity contribution is 6.06. The van der Waals surface area contributed by atoms with E-state index >= 15 is 0 Å². The van der Waals surface area contributed by atoms with Gasteiger partial charge in [-0.15, -0.1) is 0 Å². The Hall–Kier alpha value is -2.62. The second-order valence-corrected chi connectivity index (χ2v) is 4.49. The summed E-state index contributed by atoms with van der Waals surface area (Å²) in [6, 6.07) is 13.2. The summed E-state index contributed by atoms with van der Waals surface area (Å²) in [6.45, 7) is 2.01. The van der Waals surface area contributed by atoms with Gasteiger partial charge in [0.1, 0.15) is 0 Å². The van der Waals surface area contributed by atoms with Gasteiger partial charge in [-0.2, -0.15) is 5.10 Å². The molecule has 4 nitrogen and oxygen atoms in total. The number of hydrogen-bond acceptors (Lipinski definition) is 2. The lowest BCUT2D eigenvalue weighted by atomic mass is 10.1. The van der Waals surface area contributed by atoms with Crippen LogP contribution >= 0.6 is 0 Å². The number of carbonyl (C=O) groups is 1. The SMILES string of the molecule is Cc1ccc(NC(=O)c2ccc3cn[nH]c3c2)cc1. The second-order valence-electron chi connectivity index (χ2n) is 4.49. The van der Waals surface area contributed by atoms with Crippen LogP contribution in [-0.2, 0) is 0 Å². The molecular formula is C15H13N3O. The van der Waals surface area contributed by atoms with E-state index in [4.69, 9.17) is 0 Å². The minimum Gasteiger partial charge on any atom is -0.322 e. The maximum Gasteiger partial charge on any atom is 0.255 e. The summed E-state index contributed by atoms with van der Waals surface area (Å²) in [7, 11) is 0. The van der Waals surface area contributed by atoms with Crippen LogP contribution in [-0.4, -0.2) is 16.1 Å². The Balaban J connectivity index is 1.84. The van der Waals surface area contributed by atoms with Crippen molar-refractivity contribution in [1.82, 2.24) is 10.2 Å². The highest BCUT2D eigenvalue weighted by Crippen LogP contribution is 2.15. The van der Waals surface area contributed by atoms with Crippen molar-refractivity contribution in [1.29, 1.82) is 0 Å². The number of hydrogen-bond donors (Lipinski definition) is 2. The molecule has 0 saturated carbocycles. The number of rotatable bonds is 2. The topological polar surface area (TPSA) is 57.8 Å². The Kier molecular flexibility index (Phi) is 2.76. The van der Waals surface area contributed by atoms with E-state index in [0.29, 0.717) is 5.56 Å². The summed E-state index contributed by atoms with van der Waals surface area (Å²) in [5.41, 5.74) is 3.42. The summed E-state index contributed by atoms with van der Waals surface area (Å²) in [6.07, 6.45) is 1.73. The van der Waals surface area contributed by atoms with Crippen LogP contribution in [0.3, 0.4) is 0 Å². The number of H-pyrrole nitrogens is 1. The van der Waals surface area contributed by atoms with Crippen LogP contribution in [0.2, 0.25) is 0 Å². The third-order valence-corrected chi connectivity index (χ3v) is 3.01. The fourth-order valence-electron chi connectivity index (χ4n) is 1.92. The molecule has 1 amide bonds. The van der Waals surface area contributed by atoms with Crippen molar-refractivity contribution >= 4 is 22.5 Å². The number of amides is 1. The molecule has 0 fully saturated rings. The van der Waals surface area contributed by atoms with E-state index in [9.17, 15) is 4.79 Å². The van der Waals surface area contributed by atoms with Crippen molar-refractivity contribution in [2.24, 2.45) is 0 Å². The highest BCUT2D eigenvalue weighted by Gasteiger charge is 2.07. The molecule has 0 unspecified atom stereocenters. The minimum atomic E-state index is -0.125. The van der Waals surface area contributed by atoms with Crippen molar-refractivity contribution in [3.05, 3.63) is 59.8 Å². The molecule has 1 aromatic heterocycles. The Morgan fingerprint density at radius 2 is 1.95 bits per heavy atom. The number of benzene rings is 2. The number of nitrogens with one attached hydrogen (secondary N) is 2. The summed E-state index contributed by atoms with van der Waals surface area (Å²) in [4.78, 5) is 12.1.